The summed E-state index contributed by atoms with van der Waals surface area (Å²) in [7, 11) is 1.29. The first-order chi connectivity index (χ1) is 14.4. The van der Waals surface area contributed by atoms with Crippen LogP contribution in [0.15, 0.2) is 59.7 Å². The van der Waals surface area contributed by atoms with E-state index in [1.165, 1.54) is 13.3 Å². The van der Waals surface area contributed by atoms with Crippen LogP contribution in [0.25, 0.3) is 0 Å². The van der Waals surface area contributed by atoms with Crippen molar-refractivity contribution in [2.24, 2.45) is 11.0 Å². The molecule has 0 heterocycles. The summed E-state index contributed by atoms with van der Waals surface area (Å²) in [6, 6.07) is 14.7. The summed E-state index contributed by atoms with van der Waals surface area (Å²) in [5.41, 5.74) is 3.65. The Bertz CT molecular complexity index is 879. The van der Waals surface area contributed by atoms with Crippen molar-refractivity contribution >= 4 is 24.0 Å². The Morgan fingerprint density at radius 2 is 1.70 bits per heavy atom. The van der Waals surface area contributed by atoms with E-state index >= 15 is 0 Å². The summed E-state index contributed by atoms with van der Waals surface area (Å²) in [6.45, 7) is 3.50. The average molecular weight is 411 g/mol. The average Bonchev–Trinajstić information content (AvgIpc) is 2.76. The number of carbonyl (C=O) groups excluding carboxylic acids is 3. The molecule has 0 aliphatic carbocycles. The van der Waals surface area contributed by atoms with E-state index in [0.717, 1.165) is 5.56 Å². The van der Waals surface area contributed by atoms with E-state index in [-0.39, 0.29) is 18.4 Å². The molecule has 0 fully saturated rings. The SMILES string of the molecule is COC(=O)COc1ccc(/C=N/NC(=O)C(NC(=O)c2ccccc2)C(C)C)cc1. The van der Waals surface area contributed by atoms with Gasteiger partial charge in [0.1, 0.15) is 11.8 Å². The van der Waals surface area contributed by atoms with E-state index in [0.29, 0.717) is 11.3 Å². The number of ether oxygens (including phenoxy) is 2. The maximum atomic E-state index is 12.5. The van der Waals surface area contributed by atoms with Gasteiger partial charge >= 0.3 is 5.97 Å². The first-order valence-electron chi connectivity index (χ1n) is 9.39. The lowest BCUT2D eigenvalue weighted by atomic mass is 10.0. The number of amides is 2. The number of methoxy groups -OCH3 is 1. The molecule has 0 aliphatic rings. The number of hydrogen-bond donors (Lipinski definition) is 2. The minimum atomic E-state index is -0.732. The van der Waals surface area contributed by atoms with E-state index in [9.17, 15) is 14.4 Å². The molecule has 0 radical (unpaired) electrons. The van der Waals surface area contributed by atoms with Crippen LogP contribution in [-0.2, 0) is 14.3 Å². The zero-order chi connectivity index (χ0) is 21.9. The third-order valence-corrected chi connectivity index (χ3v) is 4.12. The van der Waals surface area contributed by atoms with Crippen molar-refractivity contribution in [3.63, 3.8) is 0 Å². The van der Waals surface area contributed by atoms with Gasteiger partial charge in [-0.25, -0.2) is 10.2 Å². The Kier molecular flexibility index (Phi) is 8.56. The molecule has 2 amide bonds. The summed E-state index contributed by atoms with van der Waals surface area (Å²) in [5, 5.41) is 6.69. The van der Waals surface area contributed by atoms with Crippen molar-refractivity contribution in [3.05, 3.63) is 65.7 Å². The van der Waals surface area contributed by atoms with Crippen molar-refractivity contribution in [2.45, 2.75) is 19.9 Å². The zero-order valence-electron chi connectivity index (χ0n) is 17.1. The molecule has 158 valence electrons. The second kappa shape index (κ2) is 11.4. The van der Waals surface area contributed by atoms with Gasteiger partial charge in [0.15, 0.2) is 6.61 Å². The lowest BCUT2D eigenvalue weighted by Gasteiger charge is -2.20. The van der Waals surface area contributed by atoms with Crippen LogP contribution in [-0.4, -0.2) is 43.8 Å². The van der Waals surface area contributed by atoms with Crippen LogP contribution in [0.1, 0.15) is 29.8 Å². The largest absolute Gasteiger partial charge is 0.482 e. The van der Waals surface area contributed by atoms with E-state index in [1.54, 1.807) is 48.5 Å². The van der Waals surface area contributed by atoms with Gasteiger partial charge in [-0.1, -0.05) is 32.0 Å². The maximum absolute atomic E-state index is 12.5. The highest BCUT2D eigenvalue weighted by molar-refractivity contribution is 5.97. The van der Waals surface area contributed by atoms with Gasteiger partial charge in [0.25, 0.3) is 11.8 Å². The molecular weight excluding hydrogens is 386 g/mol. The molecule has 2 rings (SSSR count). The number of esters is 1. The van der Waals surface area contributed by atoms with Crippen LogP contribution in [0.2, 0.25) is 0 Å². The highest BCUT2D eigenvalue weighted by atomic mass is 16.6. The topological polar surface area (TPSA) is 106 Å². The van der Waals surface area contributed by atoms with E-state index in [4.69, 9.17) is 4.74 Å². The molecule has 2 aromatic carbocycles. The molecule has 2 N–H and O–H groups in total. The van der Waals surface area contributed by atoms with E-state index < -0.39 is 17.9 Å². The van der Waals surface area contributed by atoms with E-state index in [2.05, 4.69) is 20.6 Å². The van der Waals surface area contributed by atoms with Crippen molar-refractivity contribution in [1.29, 1.82) is 0 Å². The first kappa shape index (κ1) is 22.6. The molecule has 30 heavy (non-hydrogen) atoms. The Labute approximate surface area is 175 Å². The van der Waals surface area contributed by atoms with Crippen LogP contribution in [0, 0.1) is 5.92 Å². The fraction of sp³-hybridized carbons (Fsp3) is 0.273. The predicted molar refractivity (Wildman–Crippen MR) is 112 cm³/mol. The lowest BCUT2D eigenvalue weighted by Crippen LogP contribution is -2.48. The molecule has 8 nitrogen and oxygen atoms in total. The van der Waals surface area contributed by atoms with Crippen LogP contribution < -0.4 is 15.5 Å². The number of hydrogen-bond acceptors (Lipinski definition) is 6. The van der Waals surface area contributed by atoms with Crippen molar-refractivity contribution in [3.8, 4) is 5.75 Å². The predicted octanol–water partition coefficient (Wildman–Crippen LogP) is 2.14. The third-order valence-electron chi connectivity index (χ3n) is 4.12. The van der Waals surface area contributed by atoms with Crippen molar-refractivity contribution in [2.75, 3.05) is 13.7 Å². The number of hydrazone groups is 1. The highest BCUT2D eigenvalue weighted by Gasteiger charge is 2.24. The van der Waals surface area contributed by atoms with Gasteiger partial charge in [-0.15, -0.1) is 0 Å². The summed E-state index contributed by atoms with van der Waals surface area (Å²) in [4.78, 5) is 35.9. The fourth-order valence-electron chi connectivity index (χ4n) is 2.44. The first-order valence-corrected chi connectivity index (χ1v) is 9.39. The van der Waals surface area contributed by atoms with Gasteiger partial charge < -0.3 is 14.8 Å². The maximum Gasteiger partial charge on any atom is 0.343 e. The standard InChI is InChI=1S/C22H25N3O5/c1-15(2)20(24-21(27)17-7-5-4-6-8-17)22(28)25-23-13-16-9-11-18(12-10-16)30-14-19(26)29-3/h4-13,15,20H,14H2,1-3H3,(H,24,27)(H,25,28)/b23-13+. The summed E-state index contributed by atoms with van der Waals surface area (Å²) < 4.78 is 9.76. The van der Waals surface area contributed by atoms with E-state index in [1.807, 2.05) is 19.9 Å². The van der Waals surface area contributed by atoms with Gasteiger partial charge in [-0.2, -0.15) is 5.10 Å². The molecular formula is C22H25N3O5. The third kappa shape index (κ3) is 7.05. The molecule has 0 saturated carbocycles. The molecule has 0 saturated heterocycles. The van der Waals surface area contributed by atoms with Crippen LogP contribution in [0.4, 0.5) is 0 Å². The monoisotopic (exact) mass is 411 g/mol. The van der Waals surface area contributed by atoms with Crippen LogP contribution >= 0.6 is 0 Å². The molecule has 2 aromatic rings. The second-order valence-electron chi connectivity index (χ2n) is 6.73. The van der Waals surface area contributed by atoms with Crippen molar-refractivity contribution in [1.82, 2.24) is 10.7 Å². The Morgan fingerprint density at radius 3 is 2.30 bits per heavy atom. The second-order valence-corrected chi connectivity index (χ2v) is 6.73. The smallest absolute Gasteiger partial charge is 0.343 e. The lowest BCUT2D eigenvalue weighted by molar-refractivity contribution is -0.142. The Morgan fingerprint density at radius 1 is 1.03 bits per heavy atom. The van der Waals surface area contributed by atoms with Gasteiger partial charge in [0.05, 0.1) is 13.3 Å². The number of benzene rings is 2. The minimum absolute atomic E-state index is 0.126. The number of nitrogens with one attached hydrogen (secondary N) is 2. The quantitative estimate of drug-likeness (QED) is 0.374. The number of rotatable bonds is 9. The zero-order valence-corrected chi connectivity index (χ0v) is 17.1. The van der Waals surface area contributed by atoms with Gasteiger partial charge in [-0.05, 0) is 47.9 Å². The summed E-state index contributed by atoms with van der Waals surface area (Å²) >= 11 is 0. The molecule has 1 atom stereocenters. The normalized spacial score (nSPS) is 11.7. The van der Waals surface area contributed by atoms with Gasteiger partial charge in [-0.3, -0.25) is 9.59 Å². The minimum Gasteiger partial charge on any atom is -0.482 e. The van der Waals surface area contributed by atoms with Crippen LogP contribution in [0.5, 0.6) is 5.75 Å². The van der Waals surface area contributed by atoms with Gasteiger partial charge in [0, 0.05) is 5.56 Å². The summed E-state index contributed by atoms with van der Waals surface area (Å²) in [6.07, 6.45) is 1.47. The molecule has 0 bridgehead atoms. The molecule has 0 aliphatic heterocycles. The Balaban J connectivity index is 1.90. The molecule has 0 aromatic heterocycles. The molecule has 8 heteroatoms. The van der Waals surface area contributed by atoms with Crippen LogP contribution in [0.3, 0.4) is 0 Å². The number of nitrogens with zero attached hydrogens (tertiary/aromatic N) is 1. The summed E-state index contributed by atoms with van der Waals surface area (Å²) in [5.74, 6) is -0.828. The highest BCUT2D eigenvalue weighted by Crippen LogP contribution is 2.11. The van der Waals surface area contributed by atoms with Gasteiger partial charge in [0.2, 0.25) is 0 Å². The Hall–Kier alpha value is -3.68. The molecule has 0 spiro atoms. The molecule has 1 unspecified atom stereocenters. The number of carbonyl (C=O) groups is 3. The fourth-order valence-corrected chi connectivity index (χ4v) is 2.44. The van der Waals surface area contributed by atoms with Crippen molar-refractivity contribution < 1.29 is 23.9 Å².